The summed E-state index contributed by atoms with van der Waals surface area (Å²) in [6, 6.07) is 5.26. The highest BCUT2D eigenvalue weighted by Gasteiger charge is 2.19. The first kappa shape index (κ1) is 13.6. The molecule has 3 heterocycles. The van der Waals surface area contributed by atoms with Crippen LogP contribution in [0.15, 0.2) is 27.4 Å². The van der Waals surface area contributed by atoms with Crippen LogP contribution in [0.5, 0.6) is 5.75 Å². The van der Waals surface area contributed by atoms with E-state index in [9.17, 15) is 4.79 Å². The number of methoxy groups -OCH3 is 1. The summed E-state index contributed by atoms with van der Waals surface area (Å²) in [5, 5.41) is 1.46. The summed E-state index contributed by atoms with van der Waals surface area (Å²) < 4.78 is 11.6. The lowest BCUT2D eigenvalue weighted by Crippen LogP contribution is -2.29. The molecule has 2 aromatic heterocycles. The molecule has 0 N–H and O–H groups in total. The quantitative estimate of drug-likeness (QED) is 0.725. The molecule has 6 heteroatoms. The number of fused-ring (bicyclic) bond motifs is 2. The number of nitrogens with zero attached hydrogens (tertiary/aromatic N) is 2. The molecule has 0 radical (unpaired) electrons. The van der Waals surface area contributed by atoms with E-state index < -0.39 is 0 Å². The third-order valence-corrected chi connectivity index (χ3v) is 5.15. The minimum atomic E-state index is -0.0142. The monoisotopic (exact) mass is 316 g/mol. The van der Waals surface area contributed by atoms with Gasteiger partial charge in [-0.1, -0.05) is 11.3 Å². The summed E-state index contributed by atoms with van der Waals surface area (Å²) >= 11 is 1.43. The zero-order valence-electron chi connectivity index (χ0n) is 12.3. The van der Waals surface area contributed by atoms with Gasteiger partial charge in [0, 0.05) is 19.2 Å². The Morgan fingerprint density at radius 3 is 2.86 bits per heavy atom. The average Bonchev–Trinajstić information content (AvgIpc) is 2.99. The Labute approximate surface area is 131 Å². The fraction of sp³-hybridized carbons (Fsp3) is 0.375. The van der Waals surface area contributed by atoms with Gasteiger partial charge in [-0.3, -0.25) is 4.79 Å². The number of benzene rings is 1. The molecule has 0 unspecified atom stereocenters. The predicted octanol–water partition coefficient (Wildman–Crippen LogP) is 3.40. The van der Waals surface area contributed by atoms with Crippen LogP contribution in [-0.2, 0) is 0 Å². The van der Waals surface area contributed by atoms with Crippen LogP contribution in [0, 0.1) is 0 Å². The maximum absolute atomic E-state index is 12.6. The Hall–Kier alpha value is -2.08. The number of anilines is 1. The third-order valence-electron chi connectivity index (χ3n) is 4.06. The van der Waals surface area contributed by atoms with Crippen LogP contribution >= 0.6 is 11.3 Å². The number of thiazole rings is 1. The lowest BCUT2D eigenvalue weighted by Gasteiger charge is -2.25. The van der Waals surface area contributed by atoms with E-state index in [1.807, 2.05) is 0 Å². The third kappa shape index (κ3) is 2.14. The Bertz CT molecular complexity index is 893. The summed E-state index contributed by atoms with van der Waals surface area (Å²) in [5.74, 6) is 0.668. The van der Waals surface area contributed by atoms with Crippen molar-refractivity contribution in [1.29, 1.82) is 0 Å². The molecule has 4 rings (SSSR count). The van der Waals surface area contributed by atoms with Crippen molar-refractivity contribution >= 4 is 37.9 Å². The van der Waals surface area contributed by atoms with E-state index in [1.165, 1.54) is 30.6 Å². The van der Waals surface area contributed by atoms with Gasteiger partial charge in [-0.05, 0) is 31.4 Å². The summed E-state index contributed by atoms with van der Waals surface area (Å²) in [4.78, 5) is 19.4. The molecular formula is C16H16N2O3S. The maximum Gasteiger partial charge on any atom is 0.243 e. The van der Waals surface area contributed by atoms with Crippen LogP contribution in [0.2, 0.25) is 0 Å². The summed E-state index contributed by atoms with van der Waals surface area (Å²) in [6.07, 6.45) is 3.62. The molecule has 1 aliphatic heterocycles. The molecule has 1 fully saturated rings. The van der Waals surface area contributed by atoms with Crippen molar-refractivity contribution in [2.75, 3.05) is 25.1 Å². The predicted molar refractivity (Wildman–Crippen MR) is 88.3 cm³/mol. The van der Waals surface area contributed by atoms with Crippen molar-refractivity contribution in [3.63, 3.8) is 0 Å². The molecule has 1 aliphatic rings. The summed E-state index contributed by atoms with van der Waals surface area (Å²) in [7, 11) is 1.59. The Kier molecular flexibility index (Phi) is 3.26. The molecule has 1 aromatic carbocycles. The zero-order valence-corrected chi connectivity index (χ0v) is 13.1. The number of hydrogen-bond acceptors (Lipinski definition) is 6. The molecule has 1 saturated heterocycles. The minimum Gasteiger partial charge on any atom is -0.497 e. The van der Waals surface area contributed by atoms with Crippen molar-refractivity contribution in [3.05, 3.63) is 28.4 Å². The van der Waals surface area contributed by atoms with Crippen molar-refractivity contribution < 1.29 is 9.15 Å². The Balaban J connectivity index is 1.89. The van der Waals surface area contributed by atoms with E-state index in [0.717, 1.165) is 18.2 Å². The SMILES string of the molecule is COc1ccc2c(=O)c3sc(N4CCCCC4)nc3oc2c1. The van der Waals surface area contributed by atoms with E-state index in [0.29, 0.717) is 27.1 Å². The second-order valence-corrected chi connectivity index (χ2v) is 6.45. The first-order valence-corrected chi connectivity index (χ1v) is 8.24. The molecule has 22 heavy (non-hydrogen) atoms. The molecule has 3 aromatic rings. The Morgan fingerprint density at radius 2 is 2.09 bits per heavy atom. The van der Waals surface area contributed by atoms with E-state index in [2.05, 4.69) is 9.88 Å². The number of ether oxygens (including phenoxy) is 1. The number of hydrogen-bond donors (Lipinski definition) is 0. The van der Waals surface area contributed by atoms with E-state index in [4.69, 9.17) is 9.15 Å². The lowest BCUT2D eigenvalue weighted by molar-refractivity contribution is 0.414. The minimum absolute atomic E-state index is 0.0142. The summed E-state index contributed by atoms with van der Waals surface area (Å²) in [5.41, 5.74) is 0.934. The molecule has 114 valence electrons. The molecule has 0 saturated carbocycles. The summed E-state index contributed by atoms with van der Waals surface area (Å²) in [6.45, 7) is 2.00. The fourth-order valence-electron chi connectivity index (χ4n) is 2.86. The van der Waals surface area contributed by atoms with Gasteiger partial charge in [0.05, 0.1) is 12.5 Å². The highest BCUT2D eigenvalue weighted by Crippen LogP contribution is 2.31. The van der Waals surface area contributed by atoms with E-state index in [1.54, 1.807) is 25.3 Å². The standard InChI is InChI=1S/C16H16N2O3S/c1-20-10-5-6-11-12(9-10)21-15-14(13(11)19)22-16(17-15)18-7-3-2-4-8-18/h5-6,9H,2-4,7-8H2,1H3. The van der Waals surface area contributed by atoms with Crippen molar-refractivity contribution in [1.82, 2.24) is 4.98 Å². The van der Waals surface area contributed by atoms with Gasteiger partial charge >= 0.3 is 0 Å². The topological polar surface area (TPSA) is 55.6 Å². The second-order valence-electron chi connectivity index (χ2n) is 5.47. The number of aromatic nitrogens is 1. The van der Waals surface area contributed by atoms with Gasteiger partial charge in [0.15, 0.2) is 5.13 Å². The van der Waals surface area contributed by atoms with Crippen LogP contribution in [0.3, 0.4) is 0 Å². The highest BCUT2D eigenvalue weighted by molar-refractivity contribution is 7.22. The molecule has 0 atom stereocenters. The van der Waals surface area contributed by atoms with Crippen LogP contribution in [0.4, 0.5) is 5.13 Å². The van der Waals surface area contributed by atoms with Crippen LogP contribution < -0.4 is 15.1 Å². The van der Waals surface area contributed by atoms with Gasteiger partial charge in [-0.25, -0.2) is 0 Å². The maximum atomic E-state index is 12.6. The largest absolute Gasteiger partial charge is 0.497 e. The Morgan fingerprint density at radius 1 is 1.27 bits per heavy atom. The van der Waals surface area contributed by atoms with Crippen molar-refractivity contribution in [2.45, 2.75) is 19.3 Å². The number of piperidine rings is 1. The van der Waals surface area contributed by atoms with Crippen LogP contribution in [0.1, 0.15) is 19.3 Å². The van der Waals surface area contributed by atoms with Gasteiger partial charge in [-0.2, -0.15) is 4.98 Å². The van der Waals surface area contributed by atoms with Gasteiger partial charge < -0.3 is 14.1 Å². The lowest BCUT2D eigenvalue weighted by atomic mass is 10.1. The molecule has 0 aliphatic carbocycles. The van der Waals surface area contributed by atoms with E-state index in [-0.39, 0.29) is 5.43 Å². The van der Waals surface area contributed by atoms with Crippen LogP contribution in [-0.4, -0.2) is 25.2 Å². The first-order chi connectivity index (χ1) is 10.8. The molecule has 5 nitrogen and oxygen atoms in total. The molecular weight excluding hydrogens is 300 g/mol. The number of rotatable bonds is 2. The van der Waals surface area contributed by atoms with Crippen molar-refractivity contribution in [2.24, 2.45) is 0 Å². The molecule has 0 spiro atoms. The van der Waals surface area contributed by atoms with Gasteiger partial charge in [0.1, 0.15) is 16.0 Å². The molecule has 0 amide bonds. The van der Waals surface area contributed by atoms with Gasteiger partial charge in [0.2, 0.25) is 11.1 Å². The van der Waals surface area contributed by atoms with Crippen LogP contribution in [0.25, 0.3) is 21.4 Å². The van der Waals surface area contributed by atoms with Crippen molar-refractivity contribution in [3.8, 4) is 5.75 Å². The highest BCUT2D eigenvalue weighted by atomic mass is 32.1. The average molecular weight is 316 g/mol. The van der Waals surface area contributed by atoms with E-state index >= 15 is 0 Å². The fourth-order valence-corrected chi connectivity index (χ4v) is 3.86. The second kappa shape index (κ2) is 5.28. The molecule has 0 bridgehead atoms. The zero-order chi connectivity index (χ0) is 15.1. The smallest absolute Gasteiger partial charge is 0.243 e. The first-order valence-electron chi connectivity index (χ1n) is 7.42. The van der Waals surface area contributed by atoms with Gasteiger partial charge in [0.25, 0.3) is 0 Å². The normalized spacial score (nSPS) is 15.6. The van der Waals surface area contributed by atoms with Gasteiger partial charge in [-0.15, -0.1) is 0 Å².